The summed E-state index contributed by atoms with van der Waals surface area (Å²) in [5.74, 6) is 0.558. The smallest absolute Gasteiger partial charge is 0.387 e. The lowest BCUT2D eigenvalue weighted by molar-refractivity contribution is -0.0497. The molecule has 0 atom stereocenters. The molecule has 26 heavy (non-hydrogen) atoms. The van der Waals surface area contributed by atoms with E-state index in [0.717, 1.165) is 6.07 Å². The summed E-state index contributed by atoms with van der Waals surface area (Å²) in [6.07, 6.45) is 0.695. The number of alkyl halides is 2. The molecule has 0 bridgehead atoms. The van der Waals surface area contributed by atoms with E-state index in [1.807, 2.05) is 0 Å². The van der Waals surface area contributed by atoms with Crippen LogP contribution in [0.2, 0.25) is 5.02 Å². The second-order valence-electron chi connectivity index (χ2n) is 5.29. The molecule has 140 valence electrons. The molecule has 3 rings (SSSR count). The molecular formula is C16H14ClF2NO5S. The van der Waals surface area contributed by atoms with Gasteiger partial charge in [0.1, 0.15) is 5.75 Å². The predicted octanol–water partition coefficient (Wildman–Crippen LogP) is 3.90. The summed E-state index contributed by atoms with van der Waals surface area (Å²) < 4.78 is 67.1. The molecule has 10 heteroatoms. The SMILES string of the molecule is O=S(=O)(Nc1ccc(OC(F)F)c(Cl)c1)c1ccc2c(c1)OCCCO2. The van der Waals surface area contributed by atoms with Gasteiger partial charge in [0.15, 0.2) is 11.5 Å². The Morgan fingerprint density at radius 3 is 2.50 bits per heavy atom. The van der Waals surface area contributed by atoms with Gasteiger partial charge in [-0.05, 0) is 30.3 Å². The number of halogens is 3. The molecule has 0 fully saturated rings. The van der Waals surface area contributed by atoms with Crippen LogP contribution in [0, 0.1) is 0 Å². The minimum absolute atomic E-state index is 0.0363. The van der Waals surface area contributed by atoms with Gasteiger partial charge in [0, 0.05) is 12.5 Å². The molecule has 0 radical (unpaired) electrons. The van der Waals surface area contributed by atoms with Crippen molar-refractivity contribution in [2.45, 2.75) is 17.9 Å². The summed E-state index contributed by atoms with van der Waals surface area (Å²) in [7, 11) is -3.94. The molecule has 1 aliphatic rings. The molecule has 6 nitrogen and oxygen atoms in total. The highest BCUT2D eigenvalue weighted by atomic mass is 35.5. The third-order valence-electron chi connectivity index (χ3n) is 3.43. The van der Waals surface area contributed by atoms with Crippen LogP contribution in [0.3, 0.4) is 0 Å². The Labute approximate surface area is 153 Å². The molecule has 0 saturated carbocycles. The van der Waals surface area contributed by atoms with Gasteiger partial charge >= 0.3 is 6.61 Å². The number of fused-ring (bicyclic) bond motifs is 1. The number of anilines is 1. The van der Waals surface area contributed by atoms with E-state index in [1.165, 1.54) is 30.3 Å². The van der Waals surface area contributed by atoms with E-state index in [9.17, 15) is 17.2 Å². The Balaban J connectivity index is 1.83. The van der Waals surface area contributed by atoms with Gasteiger partial charge in [0.25, 0.3) is 10.0 Å². The van der Waals surface area contributed by atoms with Gasteiger partial charge in [-0.3, -0.25) is 4.72 Å². The molecule has 2 aromatic carbocycles. The molecule has 0 amide bonds. The lowest BCUT2D eigenvalue weighted by Crippen LogP contribution is -2.13. The van der Waals surface area contributed by atoms with Gasteiger partial charge < -0.3 is 14.2 Å². The molecule has 0 saturated heterocycles. The summed E-state index contributed by atoms with van der Waals surface area (Å²) >= 11 is 5.83. The van der Waals surface area contributed by atoms with Crippen LogP contribution in [0.25, 0.3) is 0 Å². The maximum atomic E-state index is 12.5. The molecule has 0 aromatic heterocycles. The monoisotopic (exact) mass is 405 g/mol. The van der Waals surface area contributed by atoms with Crippen LogP contribution in [-0.2, 0) is 10.0 Å². The maximum Gasteiger partial charge on any atom is 0.387 e. The fourth-order valence-electron chi connectivity index (χ4n) is 2.28. The lowest BCUT2D eigenvalue weighted by Gasteiger charge is -2.13. The van der Waals surface area contributed by atoms with Gasteiger partial charge in [-0.2, -0.15) is 8.78 Å². The largest absolute Gasteiger partial charge is 0.490 e. The zero-order valence-electron chi connectivity index (χ0n) is 13.2. The van der Waals surface area contributed by atoms with Crippen molar-refractivity contribution in [3.8, 4) is 17.2 Å². The number of ether oxygens (including phenoxy) is 3. The van der Waals surface area contributed by atoms with E-state index in [4.69, 9.17) is 21.1 Å². The van der Waals surface area contributed by atoms with Crippen molar-refractivity contribution in [3.05, 3.63) is 41.4 Å². The van der Waals surface area contributed by atoms with Crippen LogP contribution < -0.4 is 18.9 Å². The highest BCUT2D eigenvalue weighted by Crippen LogP contribution is 2.33. The fraction of sp³-hybridized carbons (Fsp3) is 0.250. The molecule has 1 aliphatic heterocycles. The second-order valence-corrected chi connectivity index (χ2v) is 7.38. The molecule has 2 aromatic rings. The van der Waals surface area contributed by atoms with Crippen molar-refractivity contribution in [1.82, 2.24) is 0 Å². The normalized spacial score (nSPS) is 14.0. The van der Waals surface area contributed by atoms with E-state index in [-0.39, 0.29) is 21.4 Å². The van der Waals surface area contributed by atoms with Crippen LogP contribution >= 0.6 is 11.6 Å². The first-order valence-corrected chi connectivity index (χ1v) is 9.38. The second kappa shape index (κ2) is 7.55. The molecule has 0 unspecified atom stereocenters. The zero-order valence-corrected chi connectivity index (χ0v) is 14.8. The van der Waals surface area contributed by atoms with Gasteiger partial charge in [-0.25, -0.2) is 8.42 Å². The predicted molar refractivity (Wildman–Crippen MR) is 90.9 cm³/mol. The quantitative estimate of drug-likeness (QED) is 0.816. The maximum absolute atomic E-state index is 12.5. The Morgan fingerprint density at radius 2 is 1.81 bits per heavy atom. The molecule has 1 N–H and O–H groups in total. The summed E-state index contributed by atoms with van der Waals surface area (Å²) in [6, 6.07) is 7.86. The number of hydrogen-bond donors (Lipinski definition) is 1. The number of nitrogens with one attached hydrogen (secondary N) is 1. The van der Waals surface area contributed by atoms with Crippen LogP contribution in [0.1, 0.15) is 6.42 Å². The molecule has 0 aliphatic carbocycles. The highest BCUT2D eigenvalue weighted by Gasteiger charge is 2.19. The van der Waals surface area contributed by atoms with Crippen molar-refractivity contribution >= 4 is 27.3 Å². The molecule has 0 spiro atoms. The van der Waals surface area contributed by atoms with Gasteiger partial charge in [0.05, 0.1) is 28.8 Å². The summed E-state index contributed by atoms with van der Waals surface area (Å²) in [5.41, 5.74) is 0.101. The Hall–Kier alpha value is -2.26. The minimum Gasteiger partial charge on any atom is -0.490 e. The lowest BCUT2D eigenvalue weighted by atomic mass is 10.3. The van der Waals surface area contributed by atoms with Gasteiger partial charge in [-0.1, -0.05) is 11.6 Å². The summed E-state index contributed by atoms with van der Waals surface area (Å²) in [6.45, 7) is -2.12. The summed E-state index contributed by atoms with van der Waals surface area (Å²) in [5, 5.41) is -0.149. The van der Waals surface area contributed by atoms with E-state index in [1.54, 1.807) is 0 Å². The van der Waals surface area contributed by atoms with E-state index < -0.39 is 16.6 Å². The Bertz CT molecular complexity index is 908. The highest BCUT2D eigenvalue weighted by molar-refractivity contribution is 7.92. The third kappa shape index (κ3) is 4.28. The summed E-state index contributed by atoms with van der Waals surface area (Å²) in [4.78, 5) is -0.0363. The van der Waals surface area contributed by atoms with Crippen LogP contribution in [0.15, 0.2) is 41.3 Å². The first-order chi connectivity index (χ1) is 12.3. The zero-order chi connectivity index (χ0) is 18.7. The Kier molecular flexibility index (Phi) is 5.38. The van der Waals surface area contributed by atoms with Crippen LogP contribution in [0.4, 0.5) is 14.5 Å². The van der Waals surface area contributed by atoms with Gasteiger partial charge in [0.2, 0.25) is 0 Å². The first kappa shape index (κ1) is 18.5. The minimum atomic E-state index is -3.94. The van der Waals surface area contributed by atoms with Crippen molar-refractivity contribution < 1.29 is 31.4 Å². The van der Waals surface area contributed by atoms with Gasteiger partial charge in [-0.15, -0.1) is 0 Å². The average Bonchev–Trinajstić information content (AvgIpc) is 2.81. The van der Waals surface area contributed by atoms with Crippen molar-refractivity contribution in [1.29, 1.82) is 0 Å². The number of sulfonamides is 1. The average molecular weight is 406 g/mol. The standard InChI is InChI=1S/C16H14ClF2NO5S/c17-12-8-10(2-4-13(12)25-16(18)19)20-26(21,22)11-3-5-14-15(9-11)24-7-1-6-23-14/h2-5,8-9,16,20H,1,6-7H2. The molecule has 1 heterocycles. The van der Waals surface area contributed by atoms with Crippen molar-refractivity contribution in [3.63, 3.8) is 0 Å². The van der Waals surface area contributed by atoms with E-state index in [0.29, 0.717) is 31.1 Å². The topological polar surface area (TPSA) is 73.9 Å². The number of benzene rings is 2. The van der Waals surface area contributed by atoms with Crippen LogP contribution in [-0.4, -0.2) is 28.2 Å². The van der Waals surface area contributed by atoms with Crippen molar-refractivity contribution in [2.75, 3.05) is 17.9 Å². The van der Waals surface area contributed by atoms with E-state index in [2.05, 4.69) is 9.46 Å². The van der Waals surface area contributed by atoms with E-state index >= 15 is 0 Å². The number of hydrogen-bond acceptors (Lipinski definition) is 5. The third-order valence-corrected chi connectivity index (χ3v) is 5.10. The fourth-order valence-corrected chi connectivity index (χ4v) is 3.57. The van der Waals surface area contributed by atoms with Crippen LogP contribution in [0.5, 0.6) is 17.2 Å². The Morgan fingerprint density at radius 1 is 1.08 bits per heavy atom. The number of rotatable bonds is 5. The first-order valence-electron chi connectivity index (χ1n) is 7.52. The van der Waals surface area contributed by atoms with Crippen molar-refractivity contribution in [2.24, 2.45) is 0 Å². The molecular weight excluding hydrogens is 392 g/mol.